The molecule has 0 fully saturated rings. The largest absolute Gasteiger partial charge is 0.490 e. The van der Waals surface area contributed by atoms with Crippen LogP contribution in [0.15, 0.2) is 54.6 Å². The zero-order valence-electron chi connectivity index (χ0n) is 47.4. The van der Waals surface area contributed by atoms with Crippen LogP contribution in [-0.4, -0.2) is 26.4 Å². The molecule has 0 heterocycles. The average molecular weight is 993 g/mol. The molecule has 3 rings (SSSR count). The standard InChI is InChI=1S/C67H109NO4/c1-5-9-13-17-21-25-29-33-37-41-51-69-64-49-46-60(56-66(64)71-53-43-39-35-31-27-23-19-15-11-7-3)62-48-45-59(58-68)55-63(62)61-47-50-65(70-52-42-38-34-30-26-22-18-14-10-6-2)67(57-61)72-54-44-40-36-32-28-24-20-16-12-8-4/h45-50,55-57H,5-44,51-54H2,1-4H3. The van der Waals surface area contributed by atoms with Gasteiger partial charge in [-0.1, -0.05) is 277 Å². The summed E-state index contributed by atoms with van der Waals surface area (Å²) in [7, 11) is 0. The van der Waals surface area contributed by atoms with Gasteiger partial charge in [-0.3, -0.25) is 0 Å². The van der Waals surface area contributed by atoms with Crippen LogP contribution in [-0.2, 0) is 0 Å². The summed E-state index contributed by atoms with van der Waals surface area (Å²) in [5.74, 6) is 3.23. The first-order chi connectivity index (χ1) is 35.6. The van der Waals surface area contributed by atoms with Crippen LogP contribution >= 0.6 is 0 Å². The van der Waals surface area contributed by atoms with Crippen LogP contribution in [0.3, 0.4) is 0 Å². The predicted molar refractivity (Wildman–Crippen MR) is 311 cm³/mol. The zero-order valence-corrected chi connectivity index (χ0v) is 47.4. The third-order valence-electron chi connectivity index (χ3n) is 14.7. The van der Waals surface area contributed by atoms with Crippen LogP contribution in [0.25, 0.3) is 22.3 Å². The van der Waals surface area contributed by atoms with Crippen molar-refractivity contribution in [1.29, 1.82) is 5.26 Å². The molecule has 0 aliphatic heterocycles. The van der Waals surface area contributed by atoms with Crippen molar-refractivity contribution >= 4 is 0 Å². The number of rotatable bonds is 50. The van der Waals surface area contributed by atoms with Crippen molar-refractivity contribution in [3.8, 4) is 51.3 Å². The van der Waals surface area contributed by atoms with Crippen LogP contribution in [0.4, 0.5) is 0 Å². The summed E-state index contributed by atoms with van der Waals surface area (Å²) in [6.45, 7) is 11.9. The summed E-state index contributed by atoms with van der Waals surface area (Å²) in [5, 5.41) is 10.2. The minimum absolute atomic E-state index is 0.636. The van der Waals surface area contributed by atoms with E-state index in [1.807, 2.05) is 12.1 Å². The topological polar surface area (TPSA) is 60.7 Å². The maximum Gasteiger partial charge on any atom is 0.161 e. The van der Waals surface area contributed by atoms with Gasteiger partial charge in [0.05, 0.1) is 38.1 Å². The fourth-order valence-electron chi connectivity index (χ4n) is 10.0. The Bertz CT molecular complexity index is 1760. The SMILES string of the molecule is CCCCCCCCCCCCOc1ccc(-c2ccc(C#N)cc2-c2ccc(OCCCCCCCCCCCC)c(OCCCCCCCCCCCC)c2)cc1OCCCCCCCCCCCC. The summed E-state index contributed by atoms with van der Waals surface area (Å²) in [5.41, 5.74) is 4.75. The molecular weight excluding hydrogens is 883 g/mol. The Morgan fingerprint density at radius 3 is 0.833 bits per heavy atom. The molecular formula is C67H109NO4. The second-order valence-corrected chi connectivity index (χ2v) is 21.3. The molecule has 0 aliphatic carbocycles. The fourth-order valence-corrected chi connectivity index (χ4v) is 10.0. The molecule has 0 amide bonds. The molecule has 72 heavy (non-hydrogen) atoms. The minimum Gasteiger partial charge on any atom is -0.490 e. The van der Waals surface area contributed by atoms with Crippen molar-refractivity contribution in [3.63, 3.8) is 0 Å². The highest BCUT2D eigenvalue weighted by Gasteiger charge is 2.16. The first kappa shape index (κ1) is 62.6. The Morgan fingerprint density at radius 2 is 0.542 bits per heavy atom. The van der Waals surface area contributed by atoms with E-state index in [1.54, 1.807) is 0 Å². The molecule has 0 atom stereocenters. The van der Waals surface area contributed by atoms with Crippen LogP contribution in [0.2, 0.25) is 0 Å². The summed E-state index contributed by atoms with van der Waals surface area (Å²) < 4.78 is 26.3. The molecule has 0 radical (unpaired) electrons. The predicted octanol–water partition coefficient (Wildman–Crippen LogP) is 22.1. The lowest BCUT2D eigenvalue weighted by Gasteiger charge is -2.18. The monoisotopic (exact) mass is 992 g/mol. The van der Waals surface area contributed by atoms with Crippen molar-refractivity contribution in [3.05, 3.63) is 60.2 Å². The number of ether oxygens (including phenoxy) is 4. The van der Waals surface area contributed by atoms with Crippen LogP contribution in [0.5, 0.6) is 23.0 Å². The lowest BCUT2D eigenvalue weighted by Crippen LogP contribution is -2.04. The lowest BCUT2D eigenvalue weighted by atomic mass is 9.92. The van der Waals surface area contributed by atoms with E-state index in [2.05, 4.69) is 76.2 Å². The van der Waals surface area contributed by atoms with Crippen LogP contribution in [0.1, 0.15) is 290 Å². The average Bonchev–Trinajstić information content (AvgIpc) is 3.40. The minimum atomic E-state index is 0.636. The molecule has 0 unspecified atom stereocenters. The first-order valence-corrected chi connectivity index (χ1v) is 31.0. The van der Waals surface area contributed by atoms with Crippen molar-refractivity contribution in [1.82, 2.24) is 0 Å². The lowest BCUT2D eigenvalue weighted by molar-refractivity contribution is 0.258. The summed E-state index contributed by atoms with van der Waals surface area (Å²) in [4.78, 5) is 0. The smallest absolute Gasteiger partial charge is 0.161 e. The van der Waals surface area contributed by atoms with Gasteiger partial charge in [-0.05, 0) is 84.3 Å². The van der Waals surface area contributed by atoms with E-state index in [9.17, 15) is 5.26 Å². The molecule has 0 bridgehead atoms. The third-order valence-corrected chi connectivity index (χ3v) is 14.7. The van der Waals surface area contributed by atoms with E-state index in [1.165, 1.54) is 231 Å². The highest BCUT2D eigenvalue weighted by molar-refractivity contribution is 5.86. The third kappa shape index (κ3) is 29.9. The molecule has 3 aromatic rings. The van der Waals surface area contributed by atoms with Gasteiger partial charge in [-0.25, -0.2) is 0 Å². The van der Waals surface area contributed by atoms with Gasteiger partial charge >= 0.3 is 0 Å². The first-order valence-electron chi connectivity index (χ1n) is 31.0. The van der Waals surface area contributed by atoms with Crippen LogP contribution < -0.4 is 18.9 Å². The van der Waals surface area contributed by atoms with Gasteiger partial charge < -0.3 is 18.9 Å². The van der Waals surface area contributed by atoms with E-state index in [0.717, 1.165) is 70.9 Å². The Labute approximate surface area is 444 Å². The number of benzene rings is 3. The van der Waals surface area contributed by atoms with Crippen LogP contribution in [0, 0.1) is 11.3 Å². The maximum atomic E-state index is 10.2. The molecule has 0 saturated heterocycles. The van der Waals surface area contributed by atoms with E-state index in [0.29, 0.717) is 32.0 Å². The normalized spacial score (nSPS) is 11.3. The van der Waals surface area contributed by atoms with Gasteiger partial charge in [-0.15, -0.1) is 0 Å². The Hall–Kier alpha value is -3.65. The fraction of sp³-hybridized carbons (Fsp3) is 0.716. The molecule has 5 nitrogen and oxygen atoms in total. The number of hydrogen-bond acceptors (Lipinski definition) is 5. The number of unbranched alkanes of at least 4 members (excludes halogenated alkanes) is 36. The van der Waals surface area contributed by atoms with Gasteiger partial charge in [0.2, 0.25) is 0 Å². The highest BCUT2D eigenvalue weighted by atomic mass is 16.5. The highest BCUT2D eigenvalue weighted by Crippen LogP contribution is 2.41. The summed E-state index contributed by atoms with van der Waals surface area (Å²) in [6, 6.07) is 21.3. The van der Waals surface area contributed by atoms with Gasteiger partial charge in [0.1, 0.15) is 0 Å². The van der Waals surface area contributed by atoms with E-state index < -0.39 is 0 Å². The van der Waals surface area contributed by atoms with Crippen molar-refractivity contribution in [2.75, 3.05) is 26.4 Å². The maximum absolute atomic E-state index is 10.2. The number of nitriles is 1. The van der Waals surface area contributed by atoms with E-state index in [4.69, 9.17) is 18.9 Å². The molecule has 0 spiro atoms. The zero-order chi connectivity index (χ0) is 51.2. The van der Waals surface area contributed by atoms with Gasteiger partial charge in [0.25, 0.3) is 0 Å². The summed E-state index contributed by atoms with van der Waals surface area (Å²) in [6.07, 6.45) is 51.9. The van der Waals surface area contributed by atoms with Crippen molar-refractivity contribution in [2.45, 2.75) is 285 Å². The second-order valence-electron chi connectivity index (χ2n) is 21.3. The van der Waals surface area contributed by atoms with Gasteiger partial charge in [-0.2, -0.15) is 5.26 Å². The quantitative estimate of drug-likeness (QED) is 0.0528. The van der Waals surface area contributed by atoms with Gasteiger partial charge in [0, 0.05) is 0 Å². The summed E-state index contributed by atoms with van der Waals surface area (Å²) >= 11 is 0. The molecule has 0 saturated carbocycles. The molecule has 0 aliphatic rings. The Kier molecular flexibility index (Phi) is 39.0. The molecule has 406 valence electrons. The molecule has 0 N–H and O–H groups in total. The van der Waals surface area contributed by atoms with E-state index in [-0.39, 0.29) is 0 Å². The number of hydrogen-bond donors (Lipinski definition) is 0. The van der Waals surface area contributed by atoms with Crippen molar-refractivity contribution in [2.24, 2.45) is 0 Å². The molecule has 0 aromatic heterocycles. The Balaban J connectivity index is 1.75. The number of nitrogens with zero attached hydrogens (tertiary/aromatic N) is 1. The second kappa shape index (κ2) is 44.8. The Morgan fingerprint density at radius 1 is 0.278 bits per heavy atom. The molecule has 5 heteroatoms. The van der Waals surface area contributed by atoms with E-state index >= 15 is 0 Å². The van der Waals surface area contributed by atoms with Gasteiger partial charge in [0.15, 0.2) is 23.0 Å². The molecule has 3 aromatic carbocycles. The van der Waals surface area contributed by atoms with Crippen molar-refractivity contribution < 1.29 is 18.9 Å².